The monoisotopic (exact) mass is 272 g/mol. The summed E-state index contributed by atoms with van der Waals surface area (Å²) in [6.07, 6.45) is 0.726. The van der Waals surface area contributed by atoms with Crippen LogP contribution in [-0.4, -0.2) is 12.3 Å². The van der Waals surface area contributed by atoms with Crippen molar-refractivity contribution in [3.8, 4) is 5.75 Å². The van der Waals surface area contributed by atoms with E-state index in [-0.39, 0.29) is 0 Å². The Bertz CT molecular complexity index is 594. The molecule has 19 heavy (non-hydrogen) atoms. The minimum atomic E-state index is -0.405. The highest BCUT2D eigenvalue weighted by atomic mass is 32.2. The minimum absolute atomic E-state index is 0.405. The van der Waals surface area contributed by atoms with Crippen LogP contribution in [0.25, 0.3) is 0 Å². The highest BCUT2D eigenvalue weighted by Gasteiger charge is 2.09. The van der Waals surface area contributed by atoms with Crippen molar-refractivity contribution in [2.75, 3.05) is 0 Å². The number of ether oxygens (including phenoxy) is 1. The number of benzene rings is 2. The first-order valence-electron chi connectivity index (χ1n) is 5.69. The molecule has 0 bridgehead atoms. The molecule has 96 valence electrons. The number of rotatable bonds is 4. The van der Waals surface area contributed by atoms with Gasteiger partial charge in [0.25, 0.3) is 0 Å². The third-order valence-corrected chi connectivity index (χ3v) is 3.39. The number of carbonyl (C=O) groups excluding carboxylic acids is 2. The molecule has 2 aromatic carbocycles. The lowest BCUT2D eigenvalue weighted by molar-refractivity contribution is -0.132. The van der Waals surface area contributed by atoms with Crippen molar-refractivity contribution >= 4 is 24.0 Å². The van der Waals surface area contributed by atoms with Gasteiger partial charge < -0.3 is 4.74 Å². The number of carbonyl (C=O) groups is 2. The normalized spacial score (nSPS) is 9.95. The zero-order chi connectivity index (χ0) is 13.7. The number of aldehydes is 1. The van der Waals surface area contributed by atoms with Crippen LogP contribution in [0.5, 0.6) is 5.75 Å². The van der Waals surface area contributed by atoms with E-state index in [9.17, 15) is 9.59 Å². The average Bonchev–Trinajstić information content (AvgIpc) is 2.41. The SMILES string of the molecule is CC(=O)Oc1cc(C=O)ccc1Sc1ccccc1. The van der Waals surface area contributed by atoms with Gasteiger partial charge in [-0.1, -0.05) is 36.0 Å². The maximum Gasteiger partial charge on any atom is 0.308 e. The molecule has 2 rings (SSSR count). The predicted molar refractivity (Wildman–Crippen MR) is 73.7 cm³/mol. The Balaban J connectivity index is 2.33. The minimum Gasteiger partial charge on any atom is -0.425 e. The average molecular weight is 272 g/mol. The lowest BCUT2D eigenvalue weighted by Crippen LogP contribution is -2.03. The van der Waals surface area contributed by atoms with E-state index < -0.39 is 5.97 Å². The molecule has 3 nitrogen and oxygen atoms in total. The van der Waals surface area contributed by atoms with Gasteiger partial charge in [0.2, 0.25) is 0 Å². The summed E-state index contributed by atoms with van der Waals surface area (Å²) in [4.78, 5) is 23.7. The van der Waals surface area contributed by atoms with Crippen LogP contribution in [0.2, 0.25) is 0 Å². The molecule has 0 atom stereocenters. The summed E-state index contributed by atoms with van der Waals surface area (Å²) in [5.74, 6) is 0.00362. The number of hydrogen-bond acceptors (Lipinski definition) is 4. The van der Waals surface area contributed by atoms with Crippen molar-refractivity contribution in [3.63, 3.8) is 0 Å². The summed E-state index contributed by atoms with van der Waals surface area (Å²) in [7, 11) is 0. The van der Waals surface area contributed by atoms with Gasteiger partial charge in [-0.2, -0.15) is 0 Å². The van der Waals surface area contributed by atoms with E-state index in [1.807, 2.05) is 30.3 Å². The number of esters is 1. The van der Waals surface area contributed by atoms with Crippen molar-refractivity contribution in [1.82, 2.24) is 0 Å². The van der Waals surface area contributed by atoms with Crippen molar-refractivity contribution in [2.45, 2.75) is 16.7 Å². The van der Waals surface area contributed by atoms with E-state index in [2.05, 4.69) is 0 Å². The largest absolute Gasteiger partial charge is 0.425 e. The van der Waals surface area contributed by atoms with Gasteiger partial charge in [-0.15, -0.1) is 0 Å². The molecule has 2 aromatic rings. The molecule has 0 saturated carbocycles. The number of hydrogen-bond donors (Lipinski definition) is 0. The molecule has 0 unspecified atom stereocenters. The standard InChI is InChI=1S/C15H12O3S/c1-11(17)18-14-9-12(10-16)7-8-15(14)19-13-5-3-2-4-6-13/h2-10H,1H3. The molecule has 0 N–H and O–H groups in total. The zero-order valence-corrected chi connectivity index (χ0v) is 11.1. The summed E-state index contributed by atoms with van der Waals surface area (Å²) in [6.45, 7) is 1.34. The smallest absolute Gasteiger partial charge is 0.308 e. The fourth-order valence-electron chi connectivity index (χ4n) is 1.53. The van der Waals surface area contributed by atoms with Crippen molar-refractivity contribution in [3.05, 3.63) is 54.1 Å². The predicted octanol–water partition coefficient (Wildman–Crippen LogP) is 3.58. The molecular weight excluding hydrogens is 260 g/mol. The second-order valence-corrected chi connectivity index (χ2v) is 4.95. The molecule has 4 heteroatoms. The molecule has 0 aliphatic heterocycles. The first kappa shape index (κ1) is 13.4. The van der Waals surface area contributed by atoms with Crippen LogP contribution in [0.3, 0.4) is 0 Å². The summed E-state index contributed by atoms with van der Waals surface area (Å²) in [5.41, 5.74) is 0.480. The Morgan fingerprint density at radius 1 is 1.16 bits per heavy atom. The first-order chi connectivity index (χ1) is 9.19. The third kappa shape index (κ3) is 3.69. The molecule has 0 heterocycles. The second-order valence-electron chi connectivity index (χ2n) is 3.83. The van der Waals surface area contributed by atoms with Crippen LogP contribution in [0.4, 0.5) is 0 Å². The molecule has 0 amide bonds. The van der Waals surface area contributed by atoms with Crippen molar-refractivity contribution in [1.29, 1.82) is 0 Å². The molecule has 0 fully saturated rings. The van der Waals surface area contributed by atoms with E-state index in [0.717, 1.165) is 16.1 Å². The Morgan fingerprint density at radius 3 is 2.53 bits per heavy atom. The molecule has 0 aliphatic carbocycles. The Morgan fingerprint density at radius 2 is 1.89 bits per heavy atom. The lowest BCUT2D eigenvalue weighted by Gasteiger charge is -2.09. The highest BCUT2D eigenvalue weighted by molar-refractivity contribution is 7.99. The maximum absolute atomic E-state index is 11.1. The van der Waals surface area contributed by atoms with Crippen LogP contribution in [0.1, 0.15) is 17.3 Å². The highest BCUT2D eigenvalue weighted by Crippen LogP contribution is 2.35. The molecule has 0 saturated heterocycles. The molecule has 0 aromatic heterocycles. The van der Waals surface area contributed by atoms with E-state index in [1.54, 1.807) is 18.2 Å². The quantitative estimate of drug-likeness (QED) is 0.485. The second kappa shape index (κ2) is 6.20. The van der Waals surface area contributed by atoms with E-state index in [0.29, 0.717) is 11.3 Å². The van der Waals surface area contributed by atoms with E-state index in [4.69, 9.17) is 4.74 Å². The van der Waals surface area contributed by atoms with Gasteiger partial charge in [-0.25, -0.2) is 0 Å². The maximum atomic E-state index is 11.1. The fraction of sp³-hybridized carbons (Fsp3) is 0.0667. The molecule has 0 aliphatic rings. The van der Waals surface area contributed by atoms with Crippen LogP contribution in [0.15, 0.2) is 58.3 Å². The summed E-state index contributed by atoms with van der Waals surface area (Å²) < 4.78 is 5.14. The third-order valence-electron chi connectivity index (χ3n) is 2.33. The van der Waals surface area contributed by atoms with Crippen molar-refractivity contribution < 1.29 is 14.3 Å². The van der Waals surface area contributed by atoms with Gasteiger partial charge in [0.1, 0.15) is 12.0 Å². The first-order valence-corrected chi connectivity index (χ1v) is 6.51. The lowest BCUT2D eigenvalue weighted by atomic mass is 10.2. The van der Waals surface area contributed by atoms with Gasteiger partial charge in [-0.3, -0.25) is 9.59 Å². The van der Waals surface area contributed by atoms with Crippen LogP contribution in [0, 0.1) is 0 Å². The van der Waals surface area contributed by atoms with Crippen molar-refractivity contribution in [2.24, 2.45) is 0 Å². The molecule has 0 spiro atoms. The van der Waals surface area contributed by atoms with Crippen LogP contribution in [-0.2, 0) is 4.79 Å². The van der Waals surface area contributed by atoms with Crippen LogP contribution >= 0.6 is 11.8 Å². The Kier molecular flexibility index (Phi) is 4.36. The van der Waals surface area contributed by atoms with Gasteiger partial charge in [0, 0.05) is 17.4 Å². The molecule has 0 radical (unpaired) electrons. The van der Waals surface area contributed by atoms with Gasteiger partial charge in [0.15, 0.2) is 0 Å². The molecular formula is C15H12O3S. The van der Waals surface area contributed by atoms with Crippen LogP contribution < -0.4 is 4.74 Å². The summed E-state index contributed by atoms with van der Waals surface area (Å²) in [5, 5.41) is 0. The fourth-order valence-corrected chi connectivity index (χ4v) is 2.42. The zero-order valence-electron chi connectivity index (χ0n) is 10.3. The Hall–Kier alpha value is -2.07. The van der Waals surface area contributed by atoms with E-state index >= 15 is 0 Å². The Labute approximate surface area is 115 Å². The van der Waals surface area contributed by atoms with Gasteiger partial charge >= 0.3 is 5.97 Å². The van der Waals surface area contributed by atoms with Gasteiger partial charge in [-0.05, 0) is 24.3 Å². The topological polar surface area (TPSA) is 43.4 Å². The van der Waals surface area contributed by atoms with Gasteiger partial charge in [0.05, 0.1) is 4.90 Å². The summed E-state index contributed by atoms with van der Waals surface area (Å²) in [6, 6.07) is 14.8. The van der Waals surface area contributed by atoms with E-state index in [1.165, 1.54) is 18.7 Å². The summed E-state index contributed by atoms with van der Waals surface area (Å²) >= 11 is 1.48.